The van der Waals surface area contributed by atoms with Crippen LogP contribution in [0.4, 0.5) is 10.3 Å². The Morgan fingerprint density at radius 1 is 1.24 bits per heavy atom. The van der Waals surface area contributed by atoms with Gasteiger partial charge in [-0.05, 0) is 51.8 Å². The minimum atomic E-state index is -0.298. The molecule has 4 rings (SSSR count). The number of anilines is 1. The van der Waals surface area contributed by atoms with E-state index >= 15 is 0 Å². The van der Waals surface area contributed by atoms with Crippen molar-refractivity contribution < 1.29 is 9.13 Å². The van der Waals surface area contributed by atoms with Crippen LogP contribution < -0.4 is 10.1 Å². The zero-order valence-corrected chi connectivity index (χ0v) is 14.9. The first kappa shape index (κ1) is 15.8. The van der Waals surface area contributed by atoms with E-state index in [9.17, 15) is 4.39 Å². The van der Waals surface area contributed by atoms with Crippen molar-refractivity contribution in [1.29, 1.82) is 0 Å². The molecule has 0 bridgehead atoms. The number of hydrogen-bond donors (Lipinski definition) is 1. The highest BCUT2D eigenvalue weighted by molar-refractivity contribution is 9.10. The number of ether oxygens (including phenoxy) is 1. The van der Waals surface area contributed by atoms with Crippen LogP contribution in [0.1, 0.15) is 17.2 Å². The zero-order chi connectivity index (χ0) is 17.4. The lowest BCUT2D eigenvalue weighted by Gasteiger charge is -2.24. The molecule has 0 aliphatic carbocycles. The van der Waals surface area contributed by atoms with Gasteiger partial charge < -0.3 is 10.1 Å². The summed E-state index contributed by atoms with van der Waals surface area (Å²) in [5.41, 5.74) is 2.77. The normalized spacial score (nSPS) is 16.0. The molecule has 0 saturated carbocycles. The van der Waals surface area contributed by atoms with Gasteiger partial charge in [-0.1, -0.05) is 18.2 Å². The van der Waals surface area contributed by atoms with Gasteiger partial charge in [0, 0.05) is 11.3 Å². The molecule has 0 amide bonds. The number of nitrogens with zero attached hydrogens (tertiary/aromatic N) is 3. The smallest absolute Gasteiger partial charge is 0.226 e. The summed E-state index contributed by atoms with van der Waals surface area (Å²) in [5.74, 6) is 1.10. The van der Waals surface area contributed by atoms with Gasteiger partial charge in [0.1, 0.15) is 23.9 Å². The fourth-order valence-electron chi connectivity index (χ4n) is 2.83. The highest BCUT2D eigenvalue weighted by Crippen LogP contribution is 2.34. The number of methoxy groups -OCH3 is 1. The van der Waals surface area contributed by atoms with Gasteiger partial charge in [0.15, 0.2) is 0 Å². The average Bonchev–Trinajstić information content (AvgIpc) is 3.12. The predicted molar refractivity (Wildman–Crippen MR) is 96.9 cm³/mol. The van der Waals surface area contributed by atoms with Gasteiger partial charge in [0.25, 0.3) is 0 Å². The molecule has 2 heterocycles. The molecule has 1 unspecified atom stereocenters. The molecule has 1 aliphatic heterocycles. The molecule has 0 fully saturated rings. The topological polar surface area (TPSA) is 52.0 Å². The molecule has 1 N–H and O–H groups in total. The summed E-state index contributed by atoms with van der Waals surface area (Å²) in [7, 11) is 1.64. The van der Waals surface area contributed by atoms with Crippen molar-refractivity contribution in [2.45, 2.75) is 6.04 Å². The maximum atomic E-state index is 13.6. The van der Waals surface area contributed by atoms with Gasteiger partial charge >= 0.3 is 0 Å². The van der Waals surface area contributed by atoms with Crippen LogP contribution in [0.3, 0.4) is 0 Å². The lowest BCUT2D eigenvalue weighted by Crippen LogP contribution is -2.20. The summed E-state index contributed by atoms with van der Waals surface area (Å²) in [4.78, 5) is 4.27. The molecule has 1 aromatic heterocycles. The highest BCUT2D eigenvalue weighted by Gasteiger charge is 2.24. The Labute approximate surface area is 152 Å². The van der Waals surface area contributed by atoms with E-state index in [0.717, 1.165) is 22.6 Å². The average molecular weight is 401 g/mol. The Hall–Kier alpha value is -2.67. The second-order valence-electron chi connectivity index (χ2n) is 5.58. The number of rotatable bonds is 3. The summed E-state index contributed by atoms with van der Waals surface area (Å²) in [6.07, 6.45) is 3.53. The first-order chi connectivity index (χ1) is 12.2. The molecular weight excluding hydrogens is 387 g/mol. The van der Waals surface area contributed by atoms with Gasteiger partial charge in [-0.3, -0.25) is 0 Å². The first-order valence-electron chi connectivity index (χ1n) is 7.63. The van der Waals surface area contributed by atoms with E-state index in [-0.39, 0.29) is 11.9 Å². The predicted octanol–water partition coefficient (Wildman–Crippen LogP) is 4.24. The number of aromatic nitrogens is 3. The molecular formula is C18H14BrFN4O. The summed E-state index contributed by atoms with van der Waals surface area (Å²) in [5, 5.41) is 7.57. The molecule has 1 aliphatic rings. The molecule has 7 heteroatoms. The number of halogens is 2. The third-order valence-electron chi connectivity index (χ3n) is 4.07. The largest absolute Gasteiger partial charge is 0.497 e. The molecule has 126 valence electrons. The van der Waals surface area contributed by atoms with Crippen molar-refractivity contribution in [3.05, 3.63) is 76.3 Å². The van der Waals surface area contributed by atoms with Crippen LogP contribution in [0.25, 0.3) is 5.70 Å². The Balaban J connectivity index is 1.81. The summed E-state index contributed by atoms with van der Waals surface area (Å²) >= 11 is 3.25. The Kier molecular flexibility index (Phi) is 4.01. The Bertz CT molecular complexity index is 969. The molecule has 3 aromatic rings. The van der Waals surface area contributed by atoms with Crippen molar-refractivity contribution in [3.8, 4) is 5.75 Å². The van der Waals surface area contributed by atoms with E-state index in [1.54, 1.807) is 23.9 Å². The van der Waals surface area contributed by atoms with Crippen LogP contribution in [0, 0.1) is 5.82 Å². The SMILES string of the molecule is COc1cccc(C2=CC(c3ccc(F)c(Br)c3)n3ncnc3N2)c1. The molecule has 1 atom stereocenters. The molecule has 2 aromatic carbocycles. The fourth-order valence-corrected chi connectivity index (χ4v) is 3.22. The molecule has 0 spiro atoms. The van der Waals surface area contributed by atoms with Gasteiger partial charge in [-0.15, -0.1) is 0 Å². The van der Waals surface area contributed by atoms with Gasteiger partial charge in [-0.2, -0.15) is 10.1 Å². The van der Waals surface area contributed by atoms with Crippen LogP contribution in [0.2, 0.25) is 0 Å². The lowest BCUT2D eigenvalue weighted by molar-refractivity contribution is 0.414. The number of fused-ring (bicyclic) bond motifs is 1. The fraction of sp³-hybridized carbons (Fsp3) is 0.111. The van der Waals surface area contributed by atoms with Crippen molar-refractivity contribution in [2.24, 2.45) is 0 Å². The standard InChI is InChI=1S/C18H14BrFN4O/c1-25-13-4-2-3-11(7-13)16-9-17(24-18(23-16)21-10-22-24)12-5-6-15(20)14(19)8-12/h2-10,17H,1H3,(H,21,22,23). The van der Waals surface area contributed by atoms with Crippen molar-refractivity contribution in [3.63, 3.8) is 0 Å². The minimum absolute atomic E-state index is 0.197. The molecule has 25 heavy (non-hydrogen) atoms. The summed E-state index contributed by atoms with van der Waals surface area (Å²) in [6, 6.07) is 12.5. The third-order valence-corrected chi connectivity index (χ3v) is 4.68. The Morgan fingerprint density at radius 2 is 2.12 bits per heavy atom. The van der Waals surface area contributed by atoms with Crippen LogP contribution in [-0.2, 0) is 0 Å². The highest BCUT2D eigenvalue weighted by atomic mass is 79.9. The quantitative estimate of drug-likeness (QED) is 0.713. The number of allylic oxidation sites excluding steroid dienone is 1. The van der Waals surface area contributed by atoms with E-state index in [1.807, 2.05) is 30.3 Å². The lowest BCUT2D eigenvalue weighted by atomic mass is 10.0. The third kappa shape index (κ3) is 2.91. The zero-order valence-electron chi connectivity index (χ0n) is 13.3. The van der Waals surface area contributed by atoms with Crippen LogP contribution in [-0.4, -0.2) is 21.9 Å². The van der Waals surface area contributed by atoms with E-state index in [1.165, 1.54) is 12.4 Å². The van der Waals surface area contributed by atoms with Crippen molar-refractivity contribution in [2.75, 3.05) is 12.4 Å². The molecule has 0 radical (unpaired) electrons. The second-order valence-corrected chi connectivity index (χ2v) is 6.44. The molecule has 5 nitrogen and oxygen atoms in total. The minimum Gasteiger partial charge on any atom is -0.497 e. The van der Waals surface area contributed by atoms with Crippen LogP contribution in [0.5, 0.6) is 5.75 Å². The van der Waals surface area contributed by atoms with Crippen LogP contribution in [0.15, 0.2) is 59.3 Å². The van der Waals surface area contributed by atoms with Crippen molar-refractivity contribution >= 4 is 27.6 Å². The first-order valence-corrected chi connectivity index (χ1v) is 8.43. The number of benzene rings is 2. The molecule has 0 saturated heterocycles. The van der Waals surface area contributed by atoms with E-state index in [4.69, 9.17) is 4.74 Å². The Morgan fingerprint density at radius 3 is 2.92 bits per heavy atom. The maximum Gasteiger partial charge on any atom is 0.226 e. The maximum absolute atomic E-state index is 13.6. The van der Waals surface area contributed by atoms with E-state index in [0.29, 0.717) is 10.4 Å². The van der Waals surface area contributed by atoms with Gasteiger partial charge in [-0.25, -0.2) is 9.07 Å². The van der Waals surface area contributed by atoms with Gasteiger partial charge in [0.2, 0.25) is 5.95 Å². The summed E-state index contributed by atoms with van der Waals surface area (Å²) < 4.78 is 21.1. The van der Waals surface area contributed by atoms with Gasteiger partial charge in [0.05, 0.1) is 11.6 Å². The monoisotopic (exact) mass is 400 g/mol. The van der Waals surface area contributed by atoms with Crippen LogP contribution >= 0.6 is 15.9 Å². The van der Waals surface area contributed by atoms with Crippen molar-refractivity contribution in [1.82, 2.24) is 14.8 Å². The number of nitrogens with one attached hydrogen (secondary N) is 1. The second kappa shape index (κ2) is 6.33. The van der Waals surface area contributed by atoms with E-state index < -0.39 is 0 Å². The summed E-state index contributed by atoms with van der Waals surface area (Å²) in [6.45, 7) is 0. The number of hydrogen-bond acceptors (Lipinski definition) is 4. The van der Waals surface area contributed by atoms with E-state index in [2.05, 4.69) is 31.3 Å².